The van der Waals surface area contributed by atoms with Gasteiger partial charge in [-0.05, 0) is 64.7 Å². The number of hydrogen-bond acceptors (Lipinski definition) is 8. The van der Waals surface area contributed by atoms with Crippen LogP contribution in [0.3, 0.4) is 0 Å². The van der Waals surface area contributed by atoms with E-state index in [-0.39, 0.29) is 29.3 Å². The van der Waals surface area contributed by atoms with E-state index in [4.69, 9.17) is 14.6 Å². The second kappa shape index (κ2) is 14.6. The van der Waals surface area contributed by atoms with Crippen LogP contribution in [-0.4, -0.2) is 64.8 Å². The van der Waals surface area contributed by atoms with Gasteiger partial charge in [-0.1, -0.05) is 26.2 Å². The number of aromatic amines is 1. The topological polar surface area (TPSA) is 136 Å². The highest BCUT2D eigenvalue weighted by Gasteiger charge is 2.28. The Morgan fingerprint density at radius 2 is 1.87 bits per heavy atom. The molecule has 1 unspecified atom stereocenters. The van der Waals surface area contributed by atoms with E-state index in [1.165, 1.54) is 12.1 Å². The van der Waals surface area contributed by atoms with E-state index in [1.807, 2.05) is 13.8 Å². The number of rotatable bonds is 17. The lowest BCUT2D eigenvalue weighted by Crippen LogP contribution is -2.24. The van der Waals surface area contributed by atoms with Gasteiger partial charge in [0.2, 0.25) is 0 Å². The van der Waals surface area contributed by atoms with Crippen LogP contribution in [0.1, 0.15) is 77.2 Å². The molecular formula is C28H42N4O6S. The van der Waals surface area contributed by atoms with Crippen molar-refractivity contribution < 1.29 is 23.0 Å². The maximum Gasteiger partial charge on any atom is 0.277 e. The number of aliphatic hydroxyl groups is 1. The zero-order chi connectivity index (χ0) is 28.4. The highest BCUT2D eigenvalue weighted by Crippen LogP contribution is 2.32. The van der Waals surface area contributed by atoms with Gasteiger partial charge in [0.1, 0.15) is 11.6 Å². The minimum atomic E-state index is -3.80. The van der Waals surface area contributed by atoms with Crippen LogP contribution in [0.25, 0.3) is 16.9 Å². The number of ether oxygens (including phenoxy) is 2. The quantitative estimate of drug-likeness (QED) is 0.233. The van der Waals surface area contributed by atoms with Gasteiger partial charge in [-0.15, -0.1) is 5.10 Å². The Kier molecular flexibility index (Phi) is 11.5. The van der Waals surface area contributed by atoms with E-state index in [1.54, 1.807) is 17.5 Å². The van der Waals surface area contributed by atoms with Gasteiger partial charge in [0.05, 0.1) is 28.0 Å². The van der Waals surface area contributed by atoms with Crippen molar-refractivity contribution in [3.8, 4) is 17.1 Å². The van der Waals surface area contributed by atoms with E-state index < -0.39 is 15.1 Å². The Labute approximate surface area is 230 Å². The molecule has 0 radical (unpaired) electrons. The number of aliphatic hydroxyl groups excluding tert-OH is 1. The maximum absolute atomic E-state index is 13.6. The second-order valence-electron chi connectivity index (χ2n) is 9.60. The maximum atomic E-state index is 13.6. The van der Waals surface area contributed by atoms with Gasteiger partial charge in [0.25, 0.3) is 5.56 Å². The van der Waals surface area contributed by atoms with Crippen LogP contribution < -0.4 is 10.3 Å². The SMILES string of the molecule is CCCCCCc1nc(C)c2c(=O)[nH]c(-c3cc(S(=O)(=O)C(CCO)CCCOCC)ccc3OCC)nn12. The summed E-state index contributed by atoms with van der Waals surface area (Å²) in [7, 11) is -3.80. The molecule has 2 aromatic heterocycles. The molecular weight excluding hydrogens is 520 g/mol. The fourth-order valence-electron chi connectivity index (χ4n) is 4.73. The summed E-state index contributed by atoms with van der Waals surface area (Å²) in [5, 5.41) is 13.5. The molecule has 1 atom stereocenters. The fourth-order valence-corrected chi connectivity index (χ4v) is 6.55. The molecule has 0 aliphatic heterocycles. The summed E-state index contributed by atoms with van der Waals surface area (Å²) in [6, 6.07) is 4.60. The summed E-state index contributed by atoms with van der Waals surface area (Å²) in [6.07, 6.45) is 5.97. The first-order valence-electron chi connectivity index (χ1n) is 14.0. The summed E-state index contributed by atoms with van der Waals surface area (Å²) >= 11 is 0. The fraction of sp³-hybridized carbons (Fsp3) is 0.607. The average Bonchev–Trinajstić information content (AvgIpc) is 3.24. The van der Waals surface area contributed by atoms with Crippen LogP contribution in [0.2, 0.25) is 0 Å². The molecule has 10 nitrogen and oxygen atoms in total. The molecule has 3 rings (SSSR count). The molecule has 0 bridgehead atoms. The molecule has 2 heterocycles. The van der Waals surface area contributed by atoms with Crippen molar-refractivity contribution in [1.29, 1.82) is 0 Å². The largest absolute Gasteiger partial charge is 0.493 e. The molecule has 3 aromatic rings. The smallest absolute Gasteiger partial charge is 0.277 e. The van der Waals surface area contributed by atoms with Gasteiger partial charge in [0, 0.05) is 26.2 Å². The normalized spacial score (nSPS) is 12.7. The number of H-pyrrole nitrogens is 1. The molecule has 1 aromatic carbocycles. The van der Waals surface area contributed by atoms with Gasteiger partial charge in [-0.2, -0.15) is 0 Å². The van der Waals surface area contributed by atoms with Gasteiger partial charge >= 0.3 is 0 Å². The van der Waals surface area contributed by atoms with E-state index >= 15 is 0 Å². The van der Waals surface area contributed by atoms with Crippen molar-refractivity contribution in [2.75, 3.05) is 26.4 Å². The molecule has 0 fully saturated rings. The van der Waals surface area contributed by atoms with E-state index in [0.717, 1.165) is 25.7 Å². The summed E-state index contributed by atoms with van der Waals surface area (Å²) in [6.45, 7) is 8.78. The lowest BCUT2D eigenvalue weighted by Gasteiger charge is -2.18. The monoisotopic (exact) mass is 562 g/mol. The van der Waals surface area contributed by atoms with Gasteiger partial charge in [-0.3, -0.25) is 4.79 Å². The molecule has 0 saturated carbocycles. The molecule has 2 N–H and O–H groups in total. The lowest BCUT2D eigenvalue weighted by molar-refractivity contribution is 0.142. The van der Waals surface area contributed by atoms with Crippen LogP contribution in [-0.2, 0) is 21.0 Å². The van der Waals surface area contributed by atoms with Crippen molar-refractivity contribution >= 4 is 15.4 Å². The molecule has 0 aliphatic carbocycles. The van der Waals surface area contributed by atoms with Crippen LogP contribution in [0.15, 0.2) is 27.9 Å². The number of unbranched alkanes of at least 4 members (excludes halogenated alkanes) is 3. The minimum Gasteiger partial charge on any atom is -0.493 e. The number of fused-ring (bicyclic) bond motifs is 1. The first kappa shape index (κ1) is 30.8. The minimum absolute atomic E-state index is 0.0835. The third-order valence-corrected chi connectivity index (χ3v) is 9.00. The van der Waals surface area contributed by atoms with Crippen molar-refractivity contribution in [2.24, 2.45) is 0 Å². The zero-order valence-electron chi connectivity index (χ0n) is 23.5. The summed E-state index contributed by atoms with van der Waals surface area (Å²) in [4.78, 5) is 20.6. The number of benzene rings is 1. The summed E-state index contributed by atoms with van der Waals surface area (Å²) in [5.41, 5.74) is 0.996. The zero-order valence-corrected chi connectivity index (χ0v) is 24.3. The van der Waals surface area contributed by atoms with Crippen LogP contribution in [0, 0.1) is 6.92 Å². The Bertz CT molecular complexity index is 1380. The molecule has 0 amide bonds. The molecule has 39 heavy (non-hydrogen) atoms. The van der Waals surface area contributed by atoms with Gasteiger partial charge < -0.3 is 19.6 Å². The van der Waals surface area contributed by atoms with Gasteiger partial charge in [-0.25, -0.2) is 17.9 Å². The predicted molar refractivity (Wildman–Crippen MR) is 151 cm³/mol. The Morgan fingerprint density at radius 3 is 2.56 bits per heavy atom. The molecule has 216 valence electrons. The van der Waals surface area contributed by atoms with Gasteiger partial charge in [0.15, 0.2) is 21.2 Å². The van der Waals surface area contributed by atoms with E-state index in [9.17, 15) is 18.3 Å². The predicted octanol–water partition coefficient (Wildman–Crippen LogP) is 4.26. The number of imidazole rings is 1. The number of aryl methyl sites for hydroxylation is 2. The van der Waals surface area contributed by atoms with Crippen LogP contribution in [0.5, 0.6) is 5.75 Å². The lowest BCUT2D eigenvalue weighted by atomic mass is 10.1. The Hall–Kier alpha value is -2.76. The number of aromatic nitrogens is 4. The van der Waals surface area contributed by atoms with E-state index in [2.05, 4.69) is 16.9 Å². The van der Waals surface area contributed by atoms with Crippen LogP contribution in [0.4, 0.5) is 0 Å². The van der Waals surface area contributed by atoms with Crippen LogP contribution >= 0.6 is 0 Å². The Morgan fingerprint density at radius 1 is 1.08 bits per heavy atom. The second-order valence-corrected chi connectivity index (χ2v) is 11.8. The number of hydrogen-bond donors (Lipinski definition) is 2. The molecule has 0 spiro atoms. The third kappa shape index (κ3) is 7.46. The first-order valence-corrected chi connectivity index (χ1v) is 15.5. The van der Waals surface area contributed by atoms with Crippen molar-refractivity contribution in [3.63, 3.8) is 0 Å². The number of sulfone groups is 1. The Balaban J connectivity index is 2.07. The molecule has 11 heteroatoms. The van der Waals surface area contributed by atoms with Crippen molar-refractivity contribution in [3.05, 3.63) is 40.1 Å². The highest BCUT2D eigenvalue weighted by atomic mass is 32.2. The average molecular weight is 563 g/mol. The highest BCUT2D eigenvalue weighted by molar-refractivity contribution is 7.92. The standard InChI is InChI=1S/C28H42N4O6S/c1-5-8-9-10-13-25-29-20(4)26-28(34)30-27(31-32(25)26)23-19-22(14-15-24(23)38-7-3)39(35,36)21(16-17-33)12-11-18-37-6-2/h14-15,19,21,33H,5-13,16-18H2,1-4H3,(H,30,31,34). The third-order valence-electron chi connectivity index (χ3n) is 6.74. The summed E-state index contributed by atoms with van der Waals surface area (Å²) < 4.78 is 40.0. The number of nitrogens with one attached hydrogen (secondary N) is 1. The molecule has 0 aliphatic rings. The number of nitrogens with zero attached hydrogens (tertiary/aromatic N) is 3. The summed E-state index contributed by atoms with van der Waals surface area (Å²) in [5.74, 6) is 1.32. The van der Waals surface area contributed by atoms with E-state index in [0.29, 0.717) is 67.4 Å². The van der Waals surface area contributed by atoms with Crippen molar-refractivity contribution in [2.45, 2.75) is 89.2 Å². The first-order chi connectivity index (χ1) is 18.8. The molecule has 0 saturated heterocycles. The van der Waals surface area contributed by atoms with Crippen molar-refractivity contribution in [1.82, 2.24) is 19.6 Å².